The molecule has 0 aliphatic heterocycles. The van der Waals surface area contributed by atoms with Gasteiger partial charge in [0.2, 0.25) is 15.8 Å². The first-order valence-electron chi connectivity index (χ1n) is 6.04. The van der Waals surface area contributed by atoms with E-state index in [1.54, 1.807) is 13.8 Å². The van der Waals surface area contributed by atoms with Crippen LogP contribution in [0.2, 0.25) is 0 Å². The van der Waals surface area contributed by atoms with E-state index in [0.717, 1.165) is 16.4 Å². The number of nitro groups is 1. The minimum atomic E-state index is -4.02. The highest BCUT2D eigenvalue weighted by Gasteiger charge is 2.28. The second-order valence-electron chi connectivity index (χ2n) is 4.49. The molecule has 9 heteroatoms. The Morgan fingerprint density at radius 1 is 1.48 bits per heavy atom. The maximum absolute atomic E-state index is 13.6. The fourth-order valence-electron chi connectivity index (χ4n) is 1.75. The lowest BCUT2D eigenvalue weighted by molar-refractivity contribution is -0.387. The van der Waals surface area contributed by atoms with Gasteiger partial charge in [0.15, 0.2) is 0 Å². The second-order valence-corrected chi connectivity index (χ2v) is 6.38. The number of benzene rings is 1. The largest absolute Gasteiger partial charge is 0.304 e. The molecule has 0 bridgehead atoms. The molecule has 0 aromatic heterocycles. The second kappa shape index (κ2) is 6.60. The summed E-state index contributed by atoms with van der Waals surface area (Å²) in [4.78, 5) is 9.23. The van der Waals surface area contributed by atoms with Gasteiger partial charge in [-0.2, -0.15) is 14.0 Å². The molecule has 0 saturated heterocycles. The Morgan fingerprint density at radius 2 is 2.10 bits per heavy atom. The lowest BCUT2D eigenvalue weighted by Gasteiger charge is -2.24. The summed E-state index contributed by atoms with van der Waals surface area (Å²) in [5.41, 5.74) is -0.790. The molecule has 0 spiro atoms. The van der Waals surface area contributed by atoms with Crippen molar-refractivity contribution >= 4 is 15.7 Å². The Labute approximate surface area is 121 Å². The summed E-state index contributed by atoms with van der Waals surface area (Å²) in [6, 6.07) is 3.83. The normalized spacial score (nSPS) is 11.6. The van der Waals surface area contributed by atoms with Crippen LogP contribution in [0, 0.1) is 27.3 Å². The molecule has 0 unspecified atom stereocenters. The van der Waals surface area contributed by atoms with Gasteiger partial charge in [-0.25, -0.2) is 8.42 Å². The van der Waals surface area contributed by atoms with Crippen LogP contribution in [0.4, 0.5) is 10.1 Å². The van der Waals surface area contributed by atoms with Gasteiger partial charge in [-0.05, 0) is 19.9 Å². The van der Waals surface area contributed by atoms with Crippen LogP contribution in [0.25, 0.3) is 0 Å². The quantitative estimate of drug-likeness (QED) is 0.590. The van der Waals surface area contributed by atoms with Crippen LogP contribution in [-0.2, 0) is 10.0 Å². The molecule has 1 rings (SSSR count). The third-order valence-electron chi connectivity index (χ3n) is 2.74. The minimum Gasteiger partial charge on any atom is -0.258 e. The van der Waals surface area contributed by atoms with Crippen molar-refractivity contribution in [2.45, 2.75) is 31.2 Å². The van der Waals surface area contributed by atoms with Crippen molar-refractivity contribution in [3.8, 4) is 6.07 Å². The highest BCUT2D eigenvalue weighted by atomic mass is 32.2. The van der Waals surface area contributed by atoms with Gasteiger partial charge < -0.3 is 0 Å². The molecule has 114 valence electrons. The number of hydrogen-bond acceptors (Lipinski definition) is 5. The highest BCUT2D eigenvalue weighted by Crippen LogP contribution is 2.24. The van der Waals surface area contributed by atoms with Gasteiger partial charge in [0.05, 0.1) is 15.9 Å². The average molecular weight is 315 g/mol. The molecule has 0 aliphatic carbocycles. The predicted octanol–water partition coefficient (Wildman–Crippen LogP) is 2.05. The number of halogens is 1. The van der Waals surface area contributed by atoms with E-state index >= 15 is 0 Å². The molecule has 21 heavy (non-hydrogen) atoms. The Hall–Kier alpha value is -2.05. The monoisotopic (exact) mass is 315 g/mol. The van der Waals surface area contributed by atoms with Crippen LogP contribution in [0.15, 0.2) is 23.1 Å². The van der Waals surface area contributed by atoms with Gasteiger partial charge in [0, 0.05) is 31.1 Å². The number of sulfonamides is 1. The van der Waals surface area contributed by atoms with Gasteiger partial charge in [0.25, 0.3) is 0 Å². The molecule has 0 aliphatic rings. The molecule has 0 fully saturated rings. The van der Waals surface area contributed by atoms with Crippen molar-refractivity contribution in [1.29, 1.82) is 5.26 Å². The average Bonchev–Trinajstić information content (AvgIpc) is 2.37. The van der Waals surface area contributed by atoms with Crippen LogP contribution < -0.4 is 0 Å². The Morgan fingerprint density at radius 3 is 2.52 bits per heavy atom. The Kier molecular flexibility index (Phi) is 5.34. The summed E-state index contributed by atoms with van der Waals surface area (Å²) in [7, 11) is -4.02. The minimum absolute atomic E-state index is 0.00707. The summed E-state index contributed by atoms with van der Waals surface area (Å²) in [6.45, 7) is 3.21. The lowest BCUT2D eigenvalue weighted by Crippen LogP contribution is -2.37. The van der Waals surface area contributed by atoms with E-state index in [0.29, 0.717) is 6.07 Å². The van der Waals surface area contributed by atoms with E-state index in [9.17, 15) is 22.9 Å². The Balaban J connectivity index is 3.26. The SMILES string of the molecule is CC(C)N(CCC#N)S(=O)(=O)c1ccc([N+](=O)[O-])c(F)c1. The van der Waals surface area contributed by atoms with Crippen LogP contribution in [-0.4, -0.2) is 30.2 Å². The molecule has 7 nitrogen and oxygen atoms in total. The first kappa shape index (κ1) is 17.0. The molecule has 0 atom stereocenters. The fraction of sp³-hybridized carbons (Fsp3) is 0.417. The van der Waals surface area contributed by atoms with Crippen LogP contribution >= 0.6 is 0 Å². The number of nitrogens with zero attached hydrogens (tertiary/aromatic N) is 3. The smallest absolute Gasteiger partial charge is 0.258 e. The fourth-order valence-corrected chi connectivity index (χ4v) is 3.40. The zero-order chi connectivity index (χ0) is 16.2. The molecule has 1 aromatic rings. The van der Waals surface area contributed by atoms with Crippen molar-refractivity contribution in [1.82, 2.24) is 4.31 Å². The van der Waals surface area contributed by atoms with Crippen molar-refractivity contribution in [3.05, 3.63) is 34.1 Å². The van der Waals surface area contributed by atoms with E-state index < -0.39 is 32.5 Å². The number of nitro benzene ring substituents is 1. The zero-order valence-corrected chi connectivity index (χ0v) is 12.3. The first-order valence-corrected chi connectivity index (χ1v) is 7.48. The number of nitriles is 1. The highest BCUT2D eigenvalue weighted by molar-refractivity contribution is 7.89. The zero-order valence-electron chi connectivity index (χ0n) is 11.5. The van der Waals surface area contributed by atoms with Crippen LogP contribution in [0.3, 0.4) is 0 Å². The first-order chi connectivity index (χ1) is 9.71. The van der Waals surface area contributed by atoms with Gasteiger partial charge in [-0.3, -0.25) is 10.1 Å². The predicted molar refractivity (Wildman–Crippen MR) is 72.3 cm³/mol. The third-order valence-corrected chi connectivity index (χ3v) is 4.81. The van der Waals surface area contributed by atoms with E-state index in [-0.39, 0.29) is 17.9 Å². The van der Waals surface area contributed by atoms with Crippen molar-refractivity contribution < 1.29 is 17.7 Å². The topological polar surface area (TPSA) is 104 Å². The molecular weight excluding hydrogens is 301 g/mol. The molecule has 0 amide bonds. The van der Waals surface area contributed by atoms with Crippen molar-refractivity contribution in [2.75, 3.05) is 6.54 Å². The number of rotatable bonds is 6. The van der Waals surface area contributed by atoms with Crippen molar-refractivity contribution in [2.24, 2.45) is 0 Å². The third kappa shape index (κ3) is 3.74. The van der Waals surface area contributed by atoms with E-state index in [2.05, 4.69) is 0 Å². The molecule has 1 aromatic carbocycles. The van der Waals surface area contributed by atoms with Crippen molar-refractivity contribution in [3.63, 3.8) is 0 Å². The van der Waals surface area contributed by atoms with E-state index in [4.69, 9.17) is 5.26 Å². The maximum atomic E-state index is 13.6. The van der Waals surface area contributed by atoms with Gasteiger partial charge in [-0.1, -0.05) is 0 Å². The molecule has 0 heterocycles. The summed E-state index contributed by atoms with van der Waals surface area (Å²) in [5.74, 6) is -1.22. The summed E-state index contributed by atoms with van der Waals surface area (Å²) < 4.78 is 39.4. The van der Waals surface area contributed by atoms with Gasteiger partial charge >= 0.3 is 5.69 Å². The van der Waals surface area contributed by atoms with Gasteiger partial charge in [0.1, 0.15) is 0 Å². The van der Waals surface area contributed by atoms with E-state index in [1.165, 1.54) is 0 Å². The molecular formula is C12H14FN3O4S. The lowest BCUT2D eigenvalue weighted by atomic mass is 10.3. The number of hydrogen-bond donors (Lipinski definition) is 0. The summed E-state index contributed by atoms with van der Waals surface area (Å²) in [6.07, 6.45) is -0.00707. The summed E-state index contributed by atoms with van der Waals surface area (Å²) >= 11 is 0. The molecule has 0 saturated carbocycles. The van der Waals surface area contributed by atoms with Crippen LogP contribution in [0.1, 0.15) is 20.3 Å². The summed E-state index contributed by atoms with van der Waals surface area (Å²) in [5, 5.41) is 19.1. The van der Waals surface area contributed by atoms with Gasteiger partial charge in [-0.15, -0.1) is 0 Å². The standard InChI is InChI=1S/C12H14FN3O4S/c1-9(2)15(7-3-6-14)21(19,20)10-4-5-12(16(17)18)11(13)8-10/h4-5,8-9H,3,7H2,1-2H3. The van der Waals surface area contributed by atoms with E-state index in [1.807, 2.05) is 6.07 Å². The van der Waals surface area contributed by atoms with Crippen LogP contribution in [0.5, 0.6) is 0 Å². The molecule has 0 N–H and O–H groups in total. The maximum Gasteiger partial charge on any atom is 0.304 e. The molecule has 0 radical (unpaired) electrons. The Bertz CT molecular complexity index is 682.